The number of aromatic nitrogens is 7. The van der Waals surface area contributed by atoms with Crippen molar-refractivity contribution in [3.05, 3.63) is 60.7 Å². The van der Waals surface area contributed by atoms with Crippen LogP contribution in [-0.2, 0) is 13.7 Å². The Morgan fingerprint density at radius 3 is 2.81 bits per heavy atom. The SMILES string of the molecule is Cc1c(-c2cc3cn(Cn4nnc5ccccc54)ccc-3n2)cnn1C. The van der Waals surface area contributed by atoms with Crippen LogP contribution < -0.4 is 0 Å². The Morgan fingerprint density at radius 2 is 1.96 bits per heavy atom. The molecular weight excluding hydrogens is 326 g/mol. The van der Waals surface area contributed by atoms with Crippen LogP contribution in [0.3, 0.4) is 0 Å². The van der Waals surface area contributed by atoms with E-state index in [1.807, 2.05) is 59.1 Å². The molecule has 1 aromatic carbocycles. The molecule has 0 aliphatic carbocycles. The van der Waals surface area contributed by atoms with Crippen LogP contribution in [0.1, 0.15) is 5.69 Å². The monoisotopic (exact) mass is 343 g/mol. The summed E-state index contributed by atoms with van der Waals surface area (Å²) in [6.45, 7) is 2.65. The molecule has 7 nitrogen and oxygen atoms in total. The van der Waals surface area contributed by atoms with Gasteiger partial charge in [0.25, 0.3) is 0 Å². The van der Waals surface area contributed by atoms with Gasteiger partial charge in [-0.25, -0.2) is 9.67 Å². The first kappa shape index (κ1) is 14.8. The summed E-state index contributed by atoms with van der Waals surface area (Å²) in [6, 6.07) is 12.1. The number of benzene rings is 1. The Hall–Kier alpha value is -3.48. The van der Waals surface area contributed by atoms with Gasteiger partial charge >= 0.3 is 0 Å². The van der Waals surface area contributed by atoms with Crippen LogP contribution in [0, 0.1) is 6.92 Å². The van der Waals surface area contributed by atoms with Gasteiger partial charge in [-0.1, -0.05) is 17.3 Å². The molecule has 128 valence electrons. The summed E-state index contributed by atoms with van der Waals surface area (Å²) in [5, 5.41) is 12.8. The molecule has 2 aliphatic rings. The zero-order chi connectivity index (χ0) is 17.7. The smallest absolute Gasteiger partial charge is 0.118 e. The zero-order valence-electron chi connectivity index (χ0n) is 14.5. The van der Waals surface area contributed by atoms with Crippen LogP contribution in [0.25, 0.3) is 33.5 Å². The first-order valence-corrected chi connectivity index (χ1v) is 8.43. The molecular formula is C19H17N7. The van der Waals surface area contributed by atoms with Crippen molar-refractivity contribution in [3.8, 4) is 22.5 Å². The molecule has 0 saturated carbocycles. The molecule has 0 fully saturated rings. The third-order valence-corrected chi connectivity index (χ3v) is 4.79. The molecule has 0 saturated heterocycles. The fraction of sp³-hybridized carbons (Fsp3) is 0.158. The summed E-state index contributed by atoms with van der Waals surface area (Å²) in [5.41, 5.74) is 7.12. The van der Waals surface area contributed by atoms with Gasteiger partial charge in [0, 0.05) is 36.3 Å². The van der Waals surface area contributed by atoms with Crippen molar-refractivity contribution >= 4 is 11.0 Å². The molecule has 0 radical (unpaired) electrons. The van der Waals surface area contributed by atoms with Gasteiger partial charge in [-0.3, -0.25) is 4.68 Å². The van der Waals surface area contributed by atoms with Crippen molar-refractivity contribution in [1.82, 2.24) is 34.3 Å². The quantitative estimate of drug-likeness (QED) is 0.505. The van der Waals surface area contributed by atoms with E-state index in [1.54, 1.807) is 0 Å². The molecule has 4 heterocycles. The first-order chi connectivity index (χ1) is 12.7. The molecule has 2 aromatic heterocycles. The van der Waals surface area contributed by atoms with Gasteiger partial charge in [-0.15, -0.1) is 5.10 Å². The molecule has 26 heavy (non-hydrogen) atoms. The minimum atomic E-state index is 0.600. The lowest BCUT2D eigenvalue weighted by atomic mass is 10.1. The maximum Gasteiger partial charge on any atom is 0.118 e. The third-order valence-electron chi connectivity index (χ3n) is 4.79. The molecule has 0 atom stereocenters. The Labute approximate surface area is 149 Å². The summed E-state index contributed by atoms with van der Waals surface area (Å²) < 4.78 is 5.85. The first-order valence-electron chi connectivity index (χ1n) is 8.43. The van der Waals surface area contributed by atoms with Gasteiger partial charge < -0.3 is 4.57 Å². The lowest BCUT2D eigenvalue weighted by Crippen LogP contribution is -2.09. The highest BCUT2D eigenvalue weighted by Gasteiger charge is 2.14. The van der Waals surface area contributed by atoms with Crippen LogP contribution in [-0.4, -0.2) is 34.3 Å². The van der Waals surface area contributed by atoms with Crippen molar-refractivity contribution in [2.24, 2.45) is 7.05 Å². The summed E-state index contributed by atoms with van der Waals surface area (Å²) in [6.07, 6.45) is 5.98. The van der Waals surface area contributed by atoms with Gasteiger partial charge in [0.1, 0.15) is 12.2 Å². The second-order valence-electron chi connectivity index (χ2n) is 6.43. The number of aryl methyl sites for hydroxylation is 1. The summed E-state index contributed by atoms with van der Waals surface area (Å²) in [5.74, 6) is 0. The lowest BCUT2D eigenvalue weighted by Gasteiger charge is -2.08. The molecule has 2 aliphatic heterocycles. The van der Waals surface area contributed by atoms with E-state index >= 15 is 0 Å². The topological polar surface area (TPSA) is 66.3 Å². The van der Waals surface area contributed by atoms with E-state index in [2.05, 4.69) is 39.2 Å². The third kappa shape index (κ3) is 2.28. The number of fused-ring (bicyclic) bond motifs is 2. The van der Waals surface area contributed by atoms with Gasteiger partial charge in [0.05, 0.1) is 23.1 Å². The molecule has 7 heteroatoms. The molecule has 0 N–H and O–H groups in total. The van der Waals surface area contributed by atoms with E-state index < -0.39 is 0 Å². The Bertz CT molecular complexity index is 1190. The van der Waals surface area contributed by atoms with Gasteiger partial charge in [-0.2, -0.15) is 5.10 Å². The van der Waals surface area contributed by atoms with E-state index in [-0.39, 0.29) is 0 Å². The molecule has 5 rings (SSSR count). The molecule has 3 aromatic rings. The number of para-hydroxylation sites is 1. The van der Waals surface area contributed by atoms with E-state index in [0.717, 1.165) is 39.2 Å². The highest BCUT2D eigenvalue weighted by atomic mass is 15.5. The number of hydrogen-bond donors (Lipinski definition) is 0. The average Bonchev–Trinajstić information content (AvgIpc) is 3.33. The maximum atomic E-state index is 4.74. The molecule has 0 unspecified atom stereocenters. The number of hydrogen-bond acceptors (Lipinski definition) is 4. The number of rotatable bonds is 3. The van der Waals surface area contributed by atoms with E-state index in [4.69, 9.17) is 4.98 Å². The molecule has 0 bridgehead atoms. The Balaban J connectivity index is 1.52. The molecule has 0 spiro atoms. The normalized spacial score (nSPS) is 11.6. The van der Waals surface area contributed by atoms with E-state index in [0.29, 0.717) is 6.67 Å². The highest BCUT2D eigenvalue weighted by molar-refractivity contribution is 5.74. The summed E-state index contributed by atoms with van der Waals surface area (Å²) in [4.78, 5) is 4.74. The predicted octanol–water partition coefficient (Wildman–Crippen LogP) is 2.95. The second-order valence-corrected chi connectivity index (χ2v) is 6.43. The second kappa shape index (κ2) is 5.52. The van der Waals surface area contributed by atoms with Gasteiger partial charge in [0.15, 0.2) is 0 Å². The minimum absolute atomic E-state index is 0.600. The van der Waals surface area contributed by atoms with Crippen molar-refractivity contribution in [2.45, 2.75) is 13.6 Å². The predicted molar refractivity (Wildman–Crippen MR) is 98.7 cm³/mol. The molecule has 0 amide bonds. The average molecular weight is 343 g/mol. The maximum absolute atomic E-state index is 4.74. The van der Waals surface area contributed by atoms with E-state index in [1.165, 1.54) is 0 Å². The van der Waals surface area contributed by atoms with Crippen LogP contribution >= 0.6 is 0 Å². The van der Waals surface area contributed by atoms with Gasteiger partial charge in [-0.05, 0) is 31.2 Å². The van der Waals surface area contributed by atoms with Crippen LogP contribution in [0.5, 0.6) is 0 Å². The lowest BCUT2D eigenvalue weighted by molar-refractivity contribution is 0.543. The standard InChI is InChI=1S/C19H17N7/c1-13-15(10-20-24(13)2)18-9-14-11-25(8-7-16(14)21-18)12-26-19-6-4-3-5-17(19)22-23-26/h3-11H,12H2,1-2H3. The number of pyridine rings is 1. The van der Waals surface area contributed by atoms with Crippen molar-refractivity contribution in [2.75, 3.05) is 0 Å². The summed E-state index contributed by atoms with van der Waals surface area (Å²) in [7, 11) is 1.94. The highest BCUT2D eigenvalue weighted by Crippen LogP contribution is 2.30. The Kier molecular flexibility index (Phi) is 3.15. The van der Waals surface area contributed by atoms with Gasteiger partial charge in [0.2, 0.25) is 0 Å². The fourth-order valence-corrected chi connectivity index (χ4v) is 3.23. The van der Waals surface area contributed by atoms with Crippen molar-refractivity contribution in [1.29, 1.82) is 0 Å². The van der Waals surface area contributed by atoms with Crippen LogP contribution in [0.4, 0.5) is 0 Å². The van der Waals surface area contributed by atoms with Crippen molar-refractivity contribution in [3.63, 3.8) is 0 Å². The largest absolute Gasteiger partial charge is 0.334 e. The number of nitrogens with zero attached hydrogens (tertiary/aromatic N) is 7. The van der Waals surface area contributed by atoms with Crippen LogP contribution in [0.2, 0.25) is 0 Å². The van der Waals surface area contributed by atoms with E-state index in [9.17, 15) is 0 Å². The fourth-order valence-electron chi connectivity index (χ4n) is 3.23. The van der Waals surface area contributed by atoms with Crippen LogP contribution in [0.15, 0.2) is 55.0 Å². The summed E-state index contributed by atoms with van der Waals surface area (Å²) >= 11 is 0. The minimum Gasteiger partial charge on any atom is -0.334 e. The van der Waals surface area contributed by atoms with Crippen molar-refractivity contribution < 1.29 is 0 Å². The zero-order valence-corrected chi connectivity index (χ0v) is 14.5. The Morgan fingerprint density at radius 1 is 1.08 bits per heavy atom.